The van der Waals surface area contributed by atoms with Crippen LogP contribution in [0.3, 0.4) is 0 Å². The van der Waals surface area contributed by atoms with Crippen LogP contribution in [0, 0.1) is 23.5 Å². The third-order valence-corrected chi connectivity index (χ3v) is 9.00. The van der Waals surface area contributed by atoms with Crippen LogP contribution in [0.5, 0.6) is 5.75 Å². The average Bonchev–Trinajstić information content (AvgIpc) is 3.74. The van der Waals surface area contributed by atoms with Gasteiger partial charge in [-0.2, -0.15) is 4.39 Å². The van der Waals surface area contributed by atoms with Crippen molar-refractivity contribution in [1.82, 2.24) is 29.6 Å². The number of nitrogens with zero attached hydrogens (tertiary/aromatic N) is 5. The molecule has 232 valence electrons. The highest BCUT2D eigenvalue weighted by Crippen LogP contribution is 2.31. The maximum Gasteiger partial charge on any atom is 0.320 e. The second kappa shape index (κ2) is 12.0. The van der Waals surface area contributed by atoms with Crippen LogP contribution in [0.1, 0.15) is 21.0 Å². The number of anilines is 1. The van der Waals surface area contributed by atoms with E-state index in [1.807, 2.05) is 4.90 Å². The van der Waals surface area contributed by atoms with Gasteiger partial charge in [-0.3, -0.25) is 9.59 Å². The van der Waals surface area contributed by atoms with Gasteiger partial charge in [0.1, 0.15) is 0 Å². The van der Waals surface area contributed by atoms with Gasteiger partial charge in [0.25, 0.3) is 11.8 Å². The minimum Gasteiger partial charge on any atom is -0.494 e. The molecule has 0 aliphatic carbocycles. The Kier molecular flexibility index (Phi) is 8.16. The molecule has 14 heteroatoms. The number of fused-ring (bicyclic) bond motifs is 1. The Morgan fingerprint density at radius 2 is 1.66 bits per heavy atom. The second-order valence-electron chi connectivity index (χ2n) is 11.3. The molecule has 4 amide bonds. The number of ether oxygens (including phenoxy) is 1. The lowest BCUT2D eigenvalue weighted by Gasteiger charge is -2.37. The fourth-order valence-corrected chi connectivity index (χ4v) is 6.46. The van der Waals surface area contributed by atoms with Crippen molar-refractivity contribution in [2.45, 2.75) is 0 Å². The molecule has 3 aromatic rings. The number of benzene rings is 2. The van der Waals surface area contributed by atoms with Crippen LogP contribution in [0.15, 0.2) is 36.5 Å². The monoisotopic (exact) mass is 627 g/mol. The lowest BCUT2D eigenvalue weighted by molar-refractivity contribution is 0.0643. The quantitative estimate of drug-likeness (QED) is 0.449. The molecule has 44 heavy (non-hydrogen) atoms. The van der Waals surface area contributed by atoms with Crippen molar-refractivity contribution in [2.75, 3.05) is 64.8 Å². The fourth-order valence-electron chi connectivity index (χ4n) is 6.19. The maximum atomic E-state index is 14.6. The summed E-state index contributed by atoms with van der Waals surface area (Å²) < 4.78 is 35.1. The molecular formula is C30H32ClF2N7O4. The summed E-state index contributed by atoms with van der Waals surface area (Å²) >= 11 is 6.47. The molecule has 2 atom stereocenters. The Balaban J connectivity index is 1.07. The third kappa shape index (κ3) is 5.45. The van der Waals surface area contributed by atoms with Gasteiger partial charge in [0.2, 0.25) is 5.82 Å². The van der Waals surface area contributed by atoms with Crippen LogP contribution in [0.25, 0.3) is 11.3 Å². The third-order valence-electron chi connectivity index (χ3n) is 8.69. The lowest BCUT2D eigenvalue weighted by Crippen LogP contribution is -2.54. The van der Waals surface area contributed by atoms with Gasteiger partial charge < -0.3 is 34.6 Å². The number of carbonyl (C=O) groups is 3. The number of hydrogen-bond acceptors (Lipinski definition) is 6. The number of imidazole rings is 1. The molecule has 3 saturated heterocycles. The first-order valence-corrected chi connectivity index (χ1v) is 14.7. The molecule has 2 aromatic carbocycles. The molecule has 0 unspecified atom stereocenters. The zero-order valence-electron chi connectivity index (χ0n) is 24.3. The highest BCUT2D eigenvalue weighted by Gasteiger charge is 2.40. The summed E-state index contributed by atoms with van der Waals surface area (Å²) in [4.78, 5) is 48.8. The van der Waals surface area contributed by atoms with Crippen molar-refractivity contribution < 1.29 is 27.9 Å². The molecule has 4 heterocycles. The number of hydrogen-bond donors (Lipinski definition) is 2. The summed E-state index contributed by atoms with van der Waals surface area (Å²) in [6.07, 6.45) is 1.27. The number of piperazine rings is 1. The summed E-state index contributed by atoms with van der Waals surface area (Å²) in [5.74, 6) is -2.37. The molecule has 0 saturated carbocycles. The Hall–Kier alpha value is -4.23. The molecule has 3 aliphatic heterocycles. The summed E-state index contributed by atoms with van der Waals surface area (Å²) in [6.45, 7) is 5.13. The Bertz CT molecular complexity index is 1610. The van der Waals surface area contributed by atoms with Gasteiger partial charge in [-0.25, -0.2) is 14.2 Å². The molecule has 3 aliphatic rings. The number of rotatable bonds is 5. The SMILES string of the molecule is COc1ccc(-c2cnc(C(=O)Nc3ccc(C(=O)N4CCN(C(=O)N5C[C@H]6CNC[C@H]6C5)CC4)c(Cl)c3)n2C)c(F)c1F. The van der Waals surface area contributed by atoms with Gasteiger partial charge >= 0.3 is 6.03 Å². The number of amides is 4. The standard InChI is InChI=1S/C30H32ClF2N7O4/c1-37-23(21-5-6-24(44-2)26(33)25(21)32)14-35-27(37)28(41)36-19-3-4-20(22(31)11-19)29(42)38-7-9-39(10-8-38)30(43)40-15-17-12-34-13-18(17)16-40/h3-6,11,14,17-18,34H,7-10,12-13,15-16H2,1-2H3,(H,36,41)/t17-,18+. The van der Waals surface area contributed by atoms with Gasteiger partial charge in [0.15, 0.2) is 17.4 Å². The first kappa shape index (κ1) is 29.8. The van der Waals surface area contributed by atoms with Crippen molar-refractivity contribution in [3.63, 3.8) is 0 Å². The Morgan fingerprint density at radius 3 is 2.32 bits per heavy atom. The van der Waals surface area contributed by atoms with Gasteiger partial charge in [-0.05, 0) is 42.2 Å². The van der Waals surface area contributed by atoms with Gasteiger partial charge in [0, 0.05) is 70.7 Å². The van der Waals surface area contributed by atoms with E-state index in [9.17, 15) is 23.2 Å². The number of methoxy groups -OCH3 is 1. The smallest absolute Gasteiger partial charge is 0.320 e. The number of halogens is 3. The van der Waals surface area contributed by atoms with Crippen molar-refractivity contribution in [3.8, 4) is 17.0 Å². The number of likely N-dealkylation sites (tertiary alicyclic amines) is 1. The first-order chi connectivity index (χ1) is 21.2. The van der Waals surface area contributed by atoms with E-state index in [0.717, 1.165) is 26.2 Å². The number of carbonyl (C=O) groups excluding carboxylic acids is 3. The van der Waals surface area contributed by atoms with E-state index in [2.05, 4.69) is 15.6 Å². The largest absolute Gasteiger partial charge is 0.494 e. The van der Waals surface area contributed by atoms with Crippen LogP contribution in [0.4, 0.5) is 19.3 Å². The topological polar surface area (TPSA) is 112 Å². The van der Waals surface area contributed by atoms with Crippen LogP contribution in [-0.4, -0.2) is 102 Å². The minimum atomic E-state index is -1.14. The summed E-state index contributed by atoms with van der Waals surface area (Å²) in [5, 5.41) is 6.22. The van der Waals surface area contributed by atoms with Gasteiger partial charge in [-0.15, -0.1) is 0 Å². The van der Waals surface area contributed by atoms with Crippen molar-refractivity contribution in [1.29, 1.82) is 0 Å². The molecule has 11 nitrogen and oxygen atoms in total. The number of urea groups is 1. The van der Waals surface area contributed by atoms with E-state index < -0.39 is 17.5 Å². The number of nitrogens with one attached hydrogen (secondary N) is 2. The molecule has 0 radical (unpaired) electrons. The Morgan fingerprint density at radius 1 is 0.977 bits per heavy atom. The van der Waals surface area contributed by atoms with E-state index in [-0.39, 0.29) is 45.4 Å². The molecule has 3 fully saturated rings. The molecule has 1 aromatic heterocycles. The normalized spacial score (nSPS) is 19.7. The highest BCUT2D eigenvalue weighted by atomic mass is 35.5. The predicted molar refractivity (Wildman–Crippen MR) is 159 cm³/mol. The van der Waals surface area contributed by atoms with Crippen LogP contribution < -0.4 is 15.4 Å². The molecule has 6 rings (SSSR count). The van der Waals surface area contributed by atoms with E-state index in [1.54, 1.807) is 15.9 Å². The molecule has 0 spiro atoms. The van der Waals surface area contributed by atoms with Crippen molar-refractivity contribution >= 4 is 35.1 Å². The zero-order chi connectivity index (χ0) is 31.1. The average molecular weight is 628 g/mol. The maximum absolute atomic E-state index is 14.6. The van der Waals surface area contributed by atoms with E-state index in [0.29, 0.717) is 43.7 Å². The second-order valence-corrected chi connectivity index (χ2v) is 11.7. The Labute approximate surface area is 257 Å². The first-order valence-electron chi connectivity index (χ1n) is 14.3. The van der Waals surface area contributed by atoms with E-state index >= 15 is 0 Å². The summed E-state index contributed by atoms with van der Waals surface area (Å²) in [6, 6.07) is 7.23. The number of aromatic nitrogens is 2. The lowest BCUT2D eigenvalue weighted by atomic mass is 10.0. The predicted octanol–water partition coefficient (Wildman–Crippen LogP) is 3.31. The van der Waals surface area contributed by atoms with Crippen molar-refractivity contribution in [2.24, 2.45) is 18.9 Å². The molecule has 0 bridgehead atoms. The summed E-state index contributed by atoms with van der Waals surface area (Å²) in [7, 11) is 2.75. The minimum absolute atomic E-state index is 0.0331. The van der Waals surface area contributed by atoms with Gasteiger partial charge in [0.05, 0.1) is 29.6 Å². The van der Waals surface area contributed by atoms with E-state index in [1.165, 1.54) is 49.2 Å². The zero-order valence-corrected chi connectivity index (χ0v) is 25.0. The van der Waals surface area contributed by atoms with Crippen LogP contribution >= 0.6 is 11.6 Å². The molecular weight excluding hydrogens is 596 g/mol. The van der Waals surface area contributed by atoms with E-state index in [4.69, 9.17) is 16.3 Å². The molecule has 2 N–H and O–H groups in total. The van der Waals surface area contributed by atoms with Gasteiger partial charge in [-0.1, -0.05) is 11.6 Å². The van der Waals surface area contributed by atoms with Crippen LogP contribution in [-0.2, 0) is 7.05 Å². The highest BCUT2D eigenvalue weighted by molar-refractivity contribution is 6.34. The van der Waals surface area contributed by atoms with Crippen molar-refractivity contribution in [3.05, 3.63) is 64.6 Å². The fraction of sp³-hybridized carbons (Fsp3) is 0.400. The van der Waals surface area contributed by atoms with Crippen LogP contribution in [0.2, 0.25) is 5.02 Å². The summed E-state index contributed by atoms with van der Waals surface area (Å²) in [5.41, 5.74) is 0.712.